The maximum atomic E-state index is 13.6. The number of hydrogen-bond donors (Lipinski definition) is 2. The highest BCUT2D eigenvalue weighted by Crippen LogP contribution is 2.44. The van der Waals surface area contributed by atoms with Crippen molar-refractivity contribution in [2.24, 2.45) is 4.99 Å². The van der Waals surface area contributed by atoms with E-state index in [4.69, 9.17) is 20.8 Å². The van der Waals surface area contributed by atoms with Gasteiger partial charge in [-0.1, -0.05) is 30.3 Å². The number of hydrogen-bond acceptors (Lipinski definition) is 5. The quantitative estimate of drug-likeness (QED) is 0.168. The Kier molecular flexibility index (Phi) is 7.51. The SMILES string of the molecule is C=CC=C(N=C)C1(NC(=O)c2cc(-c3ccc4oc(-c5ccc(F)cc5)c(C(=O)NC)c4c3)c(Cl)cc2OC)CC1. The number of fused-ring (bicyclic) bond motifs is 1. The van der Waals surface area contributed by atoms with Crippen LogP contribution in [-0.2, 0) is 0 Å². The summed E-state index contributed by atoms with van der Waals surface area (Å²) in [6, 6.07) is 14.3. The van der Waals surface area contributed by atoms with E-state index in [1.807, 2.05) is 0 Å². The maximum absolute atomic E-state index is 13.6. The average molecular weight is 572 g/mol. The summed E-state index contributed by atoms with van der Waals surface area (Å²) in [7, 11) is 2.99. The molecule has 9 heteroatoms. The van der Waals surface area contributed by atoms with Crippen molar-refractivity contribution in [3.8, 4) is 28.2 Å². The van der Waals surface area contributed by atoms with Gasteiger partial charge in [0.05, 0.1) is 34.5 Å². The van der Waals surface area contributed by atoms with Gasteiger partial charge in [0.1, 0.15) is 22.9 Å². The van der Waals surface area contributed by atoms with Gasteiger partial charge in [-0.3, -0.25) is 14.6 Å². The highest BCUT2D eigenvalue weighted by molar-refractivity contribution is 6.34. The lowest BCUT2D eigenvalue weighted by atomic mass is 9.98. The Hall–Kier alpha value is -4.69. The number of allylic oxidation sites excluding steroid dienone is 2. The molecule has 1 fully saturated rings. The van der Waals surface area contributed by atoms with Crippen molar-refractivity contribution in [1.29, 1.82) is 0 Å². The van der Waals surface area contributed by atoms with E-state index in [-0.39, 0.29) is 17.4 Å². The maximum Gasteiger partial charge on any atom is 0.255 e. The van der Waals surface area contributed by atoms with Gasteiger partial charge in [-0.05, 0) is 73.7 Å². The number of halogens is 2. The zero-order valence-corrected chi connectivity index (χ0v) is 23.3. The molecule has 208 valence electrons. The van der Waals surface area contributed by atoms with Crippen LogP contribution in [0, 0.1) is 5.82 Å². The number of rotatable bonds is 9. The van der Waals surface area contributed by atoms with Crippen LogP contribution in [0.5, 0.6) is 5.75 Å². The first kappa shape index (κ1) is 27.9. The molecule has 41 heavy (non-hydrogen) atoms. The van der Waals surface area contributed by atoms with Crippen molar-refractivity contribution in [2.45, 2.75) is 18.4 Å². The van der Waals surface area contributed by atoms with Crippen LogP contribution >= 0.6 is 11.6 Å². The highest BCUT2D eigenvalue weighted by atomic mass is 35.5. The Morgan fingerprint density at radius 2 is 1.80 bits per heavy atom. The standard InChI is InChI=1S/C32H27ClFN3O4/c1-5-6-27(35-2)32(13-14-32)37-30(38)23-16-21(24(33)17-26(23)40-4)19-9-12-25-22(15-19)28(31(39)36-3)29(41-25)18-7-10-20(34)11-8-18/h5-12,15-17H,1-2,13-14H2,3-4H3,(H,36,39)(H,37,38). The second kappa shape index (κ2) is 11.1. The molecule has 5 rings (SSSR count). The van der Waals surface area contributed by atoms with E-state index in [2.05, 4.69) is 28.9 Å². The molecule has 2 N–H and O–H groups in total. The number of amides is 2. The minimum Gasteiger partial charge on any atom is -0.496 e. The monoisotopic (exact) mass is 571 g/mol. The molecule has 0 aliphatic heterocycles. The smallest absolute Gasteiger partial charge is 0.255 e. The van der Waals surface area contributed by atoms with E-state index >= 15 is 0 Å². The molecule has 1 saturated carbocycles. The number of furan rings is 1. The van der Waals surface area contributed by atoms with Crippen LogP contribution in [0.4, 0.5) is 4.39 Å². The zero-order valence-electron chi connectivity index (χ0n) is 22.5. The molecule has 1 heterocycles. The van der Waals surface area contributed by atoms with Crippen molar-refractivity contribution in [2.75, 3.05) is 14.2 Å². The average Bonchev–Trinajstić information content (AvgIpc) is 3.65. The third-order valence-corrected chi connectivity index (χ3v) is 7.45. The number of ether oxygens (including phenoxy) is 1. The molecule has 4 aromatic rings. The second-order valence-corrected chi connectivity index (χ2v) is 10.0. The lowest BCUT2D eigenvalue weighted by Gasteiger charge is -2.19. The van der Waals surface area contributed by atoms with Crippen LogP contribution in [0.1, 0.15) is 33.6 Å². The fraction of sp³-hybridized carbons (Fsp3) is 0.156. The van der Waals surface area contributed by atoms with Crippen molar-refractivity contribution >= 4 is 41.1 Å². The highest BCUT2D eigenvalue weighted by Gasteiger charge is 2.47. The van der Waals surface area contributed by atoms with E-state index in [0.717, 1.165) is 12.8 Å². The van der Waals surface area contributed by atoms with Gasteiger partial charge in [-0.15, -0.1) is 0 Å². The van der Waals surface area contributed by atoms with Gasteiger partial charge in [0.2, 0.25) is 0 Å². The van der Waals surface area contributed by atoms with Crippen LogP contribution < -0.4 is 15.4 Å². The van der Waals surface area contributed by atoms with E-state index in [1.54, 1.807) is 54.6 Å². The minimum absolute atomic E-state index is 0.283. The van der Waals surface area contributed by atoms with Crippen molar-refractivity contribution < 1.29 is 23.1 Å². The predicted octanol–water partition coefficient (Wildman–Crippen LogP) is 6.96. The van der Waals surface area contributed by atoms with Gasteiger partial charge in [-0.25, -0.2) is 4.39 Å². The fourth-order valence-corrected chi connectivity index (χ4v) is 5.14. The topological polar surface area (TPSA) is 92.9 Å². The molecule has 1 aliphatic rings. The molecule has 0 atom stereocenters. The van der Waals surface area contributed by atoms with Crippen molar-refractivity contribution in [1.82, 2.24) is 10.6 Å². The number of carbonyl (C=O) groups excluding carboxylic acids is 2. The van der Waals surface area contributed by atoms with Crippen molar-refractivity contribution in [3.05, 3.63) is 101 Å². The second-order valence-electron chi connectivity index (χ2n) is 9.62. The number of aliphatic imine (C=N–C) groups is 1. The first-order valence-corrected chi connectivity index (χ1v) is 13.2. The number of benzene rings is 3. The number of carbonyl (C=O) groups is 2. The fourth-order valence-electron chi connectivity index (χ4n) is 4.87. The summed E-state index contributed by atoms with van der Waals surface area (Å²) in [5.41, 5.74) is 2.82. The summed E-state index contributed by atoms with van der Waals surface area (Å²) in [6.45, 7) is 7.35. The molecule has 0 spiro atoms. The molecular weight excluding hydrogens is 545 g/mol. The lowest BCUT2D eigenvalue weighted by molar-refractivity contribution is 0.0933. The summed E-state index contributed by atoms with van der Waals surface area (Å²) in [5.74, 6) is -0.503. The summed E-state index contributed by atoms with van der Waals surface area (Å²) in [4.78, 5) is 30.6. The van der Waals surface area contributed by atoms with Gasteiger partial charge < -0.3 is 19.8 Å². The minimum atomic E-state index is -0.618. The van der Waals surface area contributed by atoms with Crippen LogP contribution in [0.3, 0.4) is 0 Å². The molecular formula is C32H27ClFN3O4. The Balaban J connectivity index is 1.60. The number of nitrogens with one attached hydrogen (secondary N) is 2. The third-order valence-electron chi connectivity index (χ3n) is 7.13. The van der Waals surface area contributed by atoms with Crippen molar-refractivity contribution in [3.63, 3.8) is 0 Å². The van der Waals surface area contributed by atoms with E-state index in [9.17, 15) is 14.0 Å². The van der Waals surface area contributed by atoms with Crippen LogP contribution in [0.2, 0.25) is 5.02 Å². The lowest BCUT2D eigenvalue weighted by Crippen LogP contribution is -2.38. The van der Waals surface area contributed by atoms with E-state index < -0.39 is 11.4 Å². The van der Waals surface area contributed by atoms with Gasteiger partial charge in [-0.2, -0.15) is 0 Å². The molecule has 2 amide bonds. The van der Waals surface area contributed by atoms with Gasteiger partial charge in [0.15, 0.2) is 0 Å². The normalized spacial score (nSPS) is 13.9. The van der Waals surface area contributed by atoms with Crippen LogP contribution in [0.25, 0.3) is 33.4 Å². The molecule has 1 aliphatic carbocycles. The Morgan fingerprint density at radius 1 is 1.10 bits per heavy atom. The molecule has 0 saturated heterocycles. The van der Waals surface area contributed by atoms with Gasteiger partial charge in [0, 0.05) is 29.6 Å². The Bertz CT molecular complexity index is 1740. The molecule has 3 aromatic carbocycles. The third kappa shape index (κ3) is 5.14. The predicted molar refractivity (Wildman–Crippen MR) is 159 cm³/mol. The molecule has 1 aromatic heterocycles. The van der Waals surface area contributed by atoms with Crippen LogP contribution in [-0.4, -0.2) is 38.2 Å². The number of nitrogens with zero attached hydrogens (tertiary/aromatic N) is 1. The first-order valence-electron chi connectivity index (χ1n) is 12.8. The Labute approximate surface area is 241 Å². The van der Waals surface area contributed by atoms with Gasteiger partial charge >= 0.3 is 0 Å². The van der Waals surface area contributed by atoms with E-state index in [0.29, 0.717) is 55.5 Å². The van der Waals surface area contributed by atoms with Crippen LogP contribution in [0.15, 0.2) is 88.4 Å². The zero-order chi connectivity index (χ0) is 29.3. The largest absolute Gasteiger partial charge is 0.496 e. The Morgan fingerprint density at radius 3 is 2.41 bits per heavy atom. The molecule has 0 bridgehead atoms. The summed E-state index contributed by atoms with van der Waals surface area (Å²) in [6.07, 6.45) is 4.78. The molecule has 0 radical (unpaired) electrons. The molecule has 7 nitrogen and oxygen atoms in total. The summed E-state index contributed by atoms with van der Waals surface area (Å²) in [5, 5.41) is 6.61. The number of methoxy groups -OCH3 is 1. The van der Waals surface area contributed by atoms with Gasteiger partial charge in [0.25, 0.3) is 11.8 Å². The first-order chi connectivity index (χ1) is 19.7. The molecule has 0 unspecified atom stereocenters. The van der Waals surface area contributed by atoms with E-state index in [1.165, 1.54) is 26.3 Å². The summed E-state index contributed by atoms with van der Waals surface area (Å²) < 4.78 is 25.1. The summed E-state index contributed by atoms with van der Waals surface area (Å²) >= 11 is 6.68.